The normalized spacial score (nSPS) is 24.5. The van der Waals surface area contributed by atoms with Gasteiger partial charge in [0.25, 0.3) is 0 Å². The minimum Gasteiger partial charge on any atom is -0.229 e. The molecule has 0 aromatic heterocycles. The zero-order valence-electron chi connectivity index (χ0n) is 7.32. The van der Waals surface area contributed by atoms with E-state index in [-0.39, 0.29) is 29.3 Å². The van der Waals surface area contributed by atoms with Gasteiger partial charge in [0.2, 0.25) is 0 Å². The molecule has 0 spiro atoms. The molecule has 4 heteroatoms. The molecule has 1 heterocycles. The fourth-order valence-electron chi connectivity index (χ4n) is 1.61. The smallest absolute Gasteiger partial charge is 0.151 e. The number of rotatable bonds is 2. The lowest BCUT2D eigenvalue weighted by atomic mass is 9.86. The van der Waals surface area contributed by atoms with E-state index >= 15 is 0 Å². The second-order valence-corrected chi connectivity index (χ2v) is 5.89. The van der Waals surface area contributed by atoms with Crippen molar-refractivity contribution in [2.45, 2.75) is 13.8 Å². The minimum atomic E-state index is -2.77. The molecule has 0 aromatic rings. The molecule has 0 saturated carbocycles. The molecule has 0 aliphatic carbocycles. The lowest BCUT2D eigenvalue weighted by Crippen LogP contribution is -2.42. The molecule has 3 nitrogen and oxygen atoms in total. The largest absolute Gasteiger partial charge is 0.229 e. The van der Waals surface area contributed by atoms with Crippen molar-refractivity contribution in [2.75, 3.05) is 11.5 Å². The predicted octanol–water partition coefficient (Wildman–Crippen LogP) is 0.827. The molecular weight excluding hydrogens is 174 g/mol. The molecule has 1 unspecified atom stereocenters. The summed E-state index contributed by atoms with van der Waals surface area (Å²) in [7, 11) is -2.77. The van der Waals surface area contributed by atoms with Crippen molar-refractivity contribution in [3.8, 4) is 6.07 Å². The summed E-state index contributed by atoms with van der Waals surface area (Å²) in [6.07, 6.45) is 0. The van der Waals surface area contributed by atoms with Gasteiger partial charge in [-0.15, -0.1) is 0 Å². The first-order valence-corrected chi connectivity index (χ1v) is 5.88. The van der Waals surface area contributed by atoms with Gasteiger partial charge in [0.1, 0.15) is 0 Å². The second kappa shape index (κ2) is 3.06. The second-order valence-electron chi connectivity index (χ2n) is 3.74. The molecule has 1 saturated heterocycles. The van der Waals surface area contributed by atoms with Gasteiger partial charge >= 0.3 is 0 Å². The van der Waals surface area contributed by atoms with Crippen molar-refractivity contribution in [1.82, 2.24) is 0 Å². The third-order valence-electron chi connectivity index (χ3n) is 2.31. The predicted molar refractivity (Wildman–Crippen MR) is 46.1 cm³/mol. The van der Waals surface area contributed by atoms with E-state index in [4.69, 9.17) is 5.26 Å². The molecule has 0 radical (unpaired) electrons. The van der Waals surface area contributed by atoms with E-state index in [0.29, 0.717) is 0 Å². The maximum Gasteiger partial charge on any atom is 0.151 e. The summed E-state index contributed by atoms with van der Waals surface area (Å²) in [4.78, 5) is 0. The maximum atomic E-state index is 10.8. The van der Waals surface area contributed by atoms with Crippen molar-refractivity contribution < 1.29 is 8.42 Å². The van der Waals surface area contributed by atoms with Crippen LogP contribution in [0.15, 0.2) is 0 Å². The van der Waals surface area contributed by atoms with Gasteiger partial charge in [0, 0.05) is 5.92 Å². The Bertz CT molecular complexity index is 288. The summed E-state index contributed by atoms with van der Waals surface area (Å²) in [6.45, 7) is 3.91. The van der Waals surface area contributed by atoms with E-state index in [1.54, 1.807) is 0 Å². The van der Waals surface area contributed by atoms with Gasteiger partial charge in [-0.3, -0.25) is 0 Å². The standard InChI is InChI=1S/C8H13NO2S/c1-6(2)8(3-9)7-4-12(10,11)5-7/h6-8H,4-5H2,1-2H3. The van der Waals surface area contributed by atoms with Crippen LogP contribution in [0.4, 0.5) is 0 Å². The van der Waals surface area contributed by atoms with Gasteiger partial charge < -0.3 is 0 Å². The molecule has 1 rings (SSSR count). The molecule has 1 fully saturated rings. The van der Waals surface area contributed by atoms with Crippen LogP contribution in [-0.4, -0.2) is 19.9 Å². The molecule has 1 aliphatic rings. The zero-order chi connectivity index (χ0) is 9.35. The van der Waals surface area contributed by atoms with Crippen molar-refractivity contribution in [3.63, 3.8) is 0 Å². The highest BCUT2D eigenvalue weighted by molar-refractivity contribution is 7.92. The first-order valence-electron chi connectivity index (χ1n) is 4.06. The molecule has 0 amide bonds. The first kappa shape index (κ1) is 9.53. The highest BCUT2D eigenvalue weighted by atomic mass is 32.2. The SMILES string of the molecule is CC(C)C(C#N)C1CS(=O)(=O)C1. The monoisotopic (exact) mass is 187 g/mol. The Balaban J connectivity index is 2.58. The Hall–Kier alpha value is -0.560. The van der Waals surface area contributed by atoms with Crippen molar-refractivity contribution >= 4 is 9.84 Å². The van der Waals surface area contributed by atoms with E-state index < -0.39 is 9.84 Å². The Morgan fingerprint density at radius 3 is 2.17 bits per heavy atom. The summed E-state index contributed by atoms with van der Waals surface area (Å²) in [6, 6.07) is 2.18. The molecule has 12 heavy (non-hydrogen) atoms. The van der Waals surface area contributed by atoms with Crippen LogP contribution in [0.25, 0.3) is 0 Å². The number of nitriles is 1. The third kappa shape index (κ3) is 1.78. The Labute approximate surface area is 73.3 Å². The fourth-order valence-corrected chi connectivity index (χ4v) is 3.23. The number of sulfone groups is 1. The average molecular weight is 187 g/mol. The summed E-state index contributed by atoms with van der Waals surface area (Å²) < 4.78 is 21.7. The van der Waals surface area contributed by atoms with Gasteiger partial charge in [-0.05, 0) is 5.92 Å². The Morgan fingerprint density at radius 1 is 1.42 bits per heavy atom. The summed E-state index contributed by atoms with van der Waals surface area (Å²) in [5, 5.41) is 8.76. The zero-order valence-corrected chi connectivity index (χ0v) is 8.13. The lowest BCUT2D eigenvalue weighted by Gasteiger charge is -2.31. The van der Waals surface area contributed by atoms with Crippen LogP contribution in [-0.2, 0) is 9.84 Å². The van der Waals surface area contributed by atoms with E-state index in [1.807, 2.05) is 13.8 Å². The van der Waals surface area contributed by atoms with E-state index in [1.165, 1.54) is 0 Å². The van der Waals surface area contributed by atoms with Crippen LogP contribution < -0.4 is 0 Å². The third-order valence-corrected chi connectivity index (χ3v) is 4.18. The number of hydrogen-bond acceptors (Lipinski definition) is 3. The van der Waals surface area contributed by atoms with Gasteiger partial charge in [-0.25, -0.2) is 8.42 Å². The van der Waals surface area contributed by atoms with Crippen LogP contribution in [0.3, 0.4) is 0 Å². The minimum absolute atomic E-state index is 0.0833. The average Bonchev–Trinajstić information content (AvgIpc) is 1.84. The van der Waals surface area contributed by atoms with Crippen LogP contribution in [0.1, 0.15) is 13.8 Å². The molecule has 68 valence electrons. The van der Waals surface area contributed by atoms with Gasteiger partial charge in [0.15, 0.2) is 9.84 Å². The molecule has 1 atom stereocenters. The van der Waals surface area contributed by atoms with Crippen molar-refractivity contribution in [3.05, 3.63) is 0 Å². The van der Waals surface area contributed by atoms with E-state index in [0.717, 1.165) is 0 Å². The highest BCUT2D eigenvalue weighted by Gasteiger charge is 2.39. The Kier molecular flexibility index (Phi) is 2.43. The molecule has 0 N–H and O–H groups in total. The summed E-state index contributed by atoms with van der Waals surface area (Å²) in [5.74, 6) is 0.677. The van der Waals surface area contributed by atoms with Crippen LogP contribution in [0.5, 0.6) is 0 Å². The van der Waals surface area contributed by atoms with Crippen molar-refractivity contribution in [2.24, 2.45) is 17.8 Å². The summed E-state index contributed by atoms with van der Waals surface area (Å²) >= 11 is 0. The quantitative estimate of drug-likeness (QED) is 0.643. The van der Waals surface area contributed by atoms with Crippen LogP contribution >= 0.6 is 0 Å². The molecule has 1 aliphatic heterocycles. The Morgan fingerprint density at radius 2 is 1.92 bits per heavy atom. The number of nitrogens with zero attached hydrogens (tertiary/aromatic N) is 1. The van der Waals surface area contributed by atoms with Crippen molar-refractivity contribution in [1.29, 1.82) is 5.26 Å². The molecular formula is C8H13NO2S. The lowest BCUT2D eigenvalue weighted by molar-refractivity contribution is 0.346. The molecule has 0 bridgehead atoms. The molecule has 0 aromatic carbocycles. The van der Waals surface area contributed by atoms with E-state index in [9.17, 15) is 8.42 Å². The maximum absolute atomic E-state index is 10.8. The first-order chi connectivity index (χ1) is 5.46. The van der Waals surface area contributed by atoms with Gasteiger partial charge in [0.05, 0.1) is 23.5 Å². The van der Waals surface area contributed by atoms with Crippen LogP contribution in [0.2, 0.25) is 0 Å². The topological polar surface area (TPSA) is 57.9 Å². The van der Waals surface area contributed by atoms with Gasteiger partial charge in [-0.1, -0.05) is 13.8 Å². The summed E-state index contributed by atoms with van der Waals surface area (Å²) in [5.41, 5.74) is 0. The number of hydrogen-bond donors (Lipinski definition) is 0. The van der Waals surface area contributed by atoms with Crippen LogP contribution in [0, 0.1) is 29.1 Å². The van der Waals surface area contributed by atoms with E-state index in [2.05, 4.69) is 6.07 Å². The highest BCUT2D eigenvalue weighted by Crippen LogP contribution is 2.30. The van der Waals surface area contributed by atoms with Gasteiger partial charge in [-0.2, -0.15) is 5.26 Å². The fraction of sp³-hybridized carbons (Fsp3) is 0.875.